The second kappa shape index (κ2) is 7.54. The second-order valence-corrected chi connectivity index (χ2v) is 6.79. The first-order valence-electron chi connectivity index (χ1n) is 6.96. The molecular formula is C15H13BrN4O3S. The number of rotatable bonds is 5. The monoisotopic (exact) mass is 408 g/mol. The summed E-state index contributed by atoms with van der Waals surface area (Å²) in [6, 6.07) is 10.9. The fourth-order valence-corrected chi connectivity index (χ4v) is 3.21. The molecule has 0 radical (unpaired) electrons. The van der Waals surface area contributed by atoms with E-state index < -0.39 is 6.09 Å². The van der Waals surface area contributed by atoms with Crippen LogP contribution in [-0.4, -0.2) is 28.8 Å². The fourth-order valence-electron chi connectivity index (χ4n) is 1.99. The largest absolute Gasteiger partial charge is 0.448 e. The van der Waals surface area contributed by atoms with Crippen molar-refractivity contribution in [3.05, 3.63) is 40.9 Å². The molecule has 1 aromatic heterocycles. The molecule has 0 aliphatic carbocycles. The highest BCUT2D eigenvalue weighted by Gasteiger charge is 2.11. The van der Waals surface area contributed by atoms with Gasteiger partial charge in [-0.25, -0.2) is 9.42 Å². The number of nitrogens with one attached hydrogen (secondary N) is 1. The molecule has 1 heterocycles. The number of hydrogen-bond acceptors (Lipinski definition) is 7. The van der Waals surface area contributed by atoms with E-state index in [1.807, 2.05) is 18.2 Å². The third-order valence-corrected chi connectivity index (χ3v) is 4.56. The average molecular weight is 409 g/mol. The second-order valence-electron chi connectivity index (χ2n) is 4.73. The highest BCUT2D eigenvalue weighted by molar-refractivity contribution is 9.10. The van der Waals surface area contributed by atoms with Crippen molar-refractivity contribution in [3.8, 4) is 0 Å². The van der Waals surface area contributed by atoms with Crippen LogP contribution < -0.4 is 11.1 Å². The molecular weight excluding hydrogens is 396 g/mol. The van der Waals surface area contributed by atoms with Crippen LogP contribution in [0.5, 0.6) is 0 Å². The van der Waals surface area contributed by atoms with Gasteiger partial charge in [0, 0.05) is 20.8 Å². The molecule has 9 heteroatoms. The summed E-state index contributed by atoms with van der Waals surface area (Å²) in [5, 5.41) is 10.3. The molecule has 3 aromatic rings. The Hall–Kier alpha value is -2.26. The average Bonchev–Trinajstić information content (AvgIpc) is 3.04. The molecule has 3 N–H and O–H groups in total. The minimum atomic E-state index is -0.501. The van der Waals surface area contributed by atoms with Gasteiger partial charge in [-0.1, -0.05) is 22.0 Å². The van der Waals surface area contributed by atoms with Crippen LogP contribution >= 0.6 is 27.7 Å². The molecule has 0 aliphatic heterocycles. The van der Waals surface area contributed by atoms with Crippen molar-refractivity contribution < 1.29 is 14.2 Å². The number of anilines is 2. The number of ether oxygens (including phenoxy) is 1. The zero-order valence-corrected chi connectivity index (χ0v) is 14.8. The number of amides is 1. The van der Waals surface area contributed by atoms with Gasteiger partial charge in [0.2, 0.25) is 0 Å². The molecule has 7 nitrogen and oxygen atoms in total. The van der Waals surface area contributed by atoms with Gasteiger partial charge in [0.25, 0.3) is 0 Å². The molecule has 0 aliphatic rings. The summed E-state index contributed by atoms with van der Waals surface area (Å²) in [6.07, 6.45) is -0.501. The zero-order valence-electron chi connectivity index (χ0n) is 12.4. The summed E-state index contributed by atoms with van der Waals surface area (Å²) in [4.78, 5) is 12.6. The standard InChI is InChI=1S/C15H13BrN4O3S/c16-9-2-1-3-10(8-9)18-15(21)22-6-7-24-12-5-4-11(17)13-14(12)20-23-19-13/h1-5,8H,6-7,17H2,(H,18,21). The van der Waals surface area contributed by atoms with E-state index in [-0.39, 0.29) is 6.61 Å². The Morgan fingerprint density at radius 3 is 2.96 bits per heavy atom. The fraction of sp³-hybridized carbons (Fsp3) is 0.133. The molecule has 3 rings (SSSR count). The maximum absolute atomic E-state index is 11.7. The first-order valence-corrected chi connectivity index (χ1v) is 8.74. The van der Waals surface area contributed by atoms with Crippen LogP contribution in [0.3, 0.4) is 0 Å². The highest BCUT2D eigenvalue weighted by atomic mass is 79.9. The number of hydrogen-bond donors (Lipinski definition) is 2. The van der Waals surface area contributed by atoms with Gasteiger partial charge in [0.15, 0.2) is 11.0 Å². The van der Waals surface area contributed by atoms with Crippen molar-refractivity contribution >= 4 is 56.2 Å². The Morgan fingerprint density at radius 1 is 1.29 bits per heavy atom. The van der Waals surface area contributed by atoms with Crippen molar-refractivity contribution in [1.82, 2.24) is 10.3 Å². The van der Waals surface area contributed by atoms with Crippen molar-refractivity contribution in [3.63, 3.8) is 0 Å². The SMILES string of the molecule is Nc1ccc(SCCOC(=O)Nc2cccc(Br)c2)c2nonc12. The van der Waals surface area contributed by atoms with Crippen LogP contribution in [0.25, 0.3) is 11.0 Å². The van der Waals surface area contributed by atoms with Crippen LogP contribution in [0.15, 0.2) is 50.4 Å². The number of benzene rings is 2. The lowest BCUT2D eigenvalue weighted by Crippen LogP contribution is -2.15. The normalized spacial score (nSPS) is 10.7. The van der Waals surface area contributed by atoms with Crippen LogP contribution in [0.1, 0.15) is 0 Å². The summed E-state index contributed by atoms with van der Waals surface area (Å²) < 4.78 is 10.7. The lowest BCUT2D eigenvalue weighted by molar-refractivity contribution is 0.169. The van der Waals surface area contributed by atoms with E-state index >= 15 is 0 Å². The van der Waals surface area contributed by atoms with Crippen LogP contribution in [0.2, 0.25) is 0 Å². The van der Waals surface area contributed by atoms with Crippen molar-refractivity contribution in [2.45, 2.75) is 4.90 Å². The number of fused-ring (bicyclic) bond motifs is 1. The van der Waals surface area contributed by atoms with Gasteiger partial charge in [-0.3, -0.25) is 5.32 Å². The van der Waals surface area contributed by atoms with E-state index in [1.54, 1.807) is 18.2 Å². The molecule has 0 unspecified atom stereocenters. The van der Waals surface area contributed by atoms with E-state index in [0.717, 1.165) is 9.37 Å². The maximum atomic E-state index is 11.7. The number of halogens is 1. The zero-order chi connectivity index (χ0) is 16.9. The maximum Gasteiger partial charge on any atom is 0.411 e. The number of carbonyl (C=O) groups excluding carboxylic acids is 1. The first-order chi connectivity index (χ1) is 11.6. The Morgan fingerprint density at radius 2 is 2.12 bits per heavy atom. The molecule has 2 aromatic carbocycles. The molecule has 0 saturated carbocycles. The van der Waals surface area contributed by atoms with Gasteiger partial charge >= 0.3 is 6.09 Å². The lowest BCUT2D eigenvalue weighted by atomic mass is 10.3. The molecule has 0 fully saturated rings. The van der Waals surface area contributed by atoms with E-state index in [0.29, 0.717) is 28.2 Å². The number of thioether (sulfide) groups is 1. The number of aromatic nitrogens is 2. The van der Waals surface area contributed by atoms with Gasteiger partial charge in [0.05, 0.1) is 5.69 Å². The summed E-state index contributed by atoms with van der Waals surface area (Å²) in [6.45, 7) is 0.252. The van der Waals surface area contributed by atoms with Gasteiger partial charge in [-0.05, 0) is 40.6 Å². The number of carbonyl (C=O) groups is 1. The van der Waals surface area contributed by atoms with Crippen LogP contribution in [0, 0.1) is 0 Å². The highest BCUT2D eigenvalue weighted by Crippen LogP contribution is 2.28. The van der Waals surface area contributed by atoms with Crippen molar-refractivity contribution in [2.75, 3.05) is 23.4 Å². The van der Waals surface area contributed by atoms with E-state index in [9.17, 15) is 4.79 Å². The molecule has 24 heavy (non-hydrogen) atoms. The quantitative estimate of drug-likeness (QED) is 0.374. The van der Waals surface area contributed by atoms with Crippen molar-refractivity contribution in [2.24, 2.45) is 0 Å². The smallest absolute Gasteiger partial charge is 0.411 e. The minimum Gasteiger partial charge on any atom is -0.448 e. The number of nitrogens with zero attached hydrogens (tertiary/aromatic N) is 2. The van der Waals surface area contributed by atoms with Crippen LogP contribution in [-0.2, 0) is 4.74 Å². The predicted molar refractivity (Wildman–Crippen MR) is 96.1 cm³/mol. The first kappa shape index (κ1) is 16.6. The molecule has 0 saturated heterocycles. The molecule has 0 bridgehead atoms. The van der Waals surface area contributed by atoms with Gasteiger partial charge in [-0.2, -0.15) is 0 Å². The summed E-state index contributed by atoms with van der Waals surface area (Å²) >= 11 is 4.82. The summed E-state index contributed by atoms with van der Waals surface area (Å²) in [5.74, 6) is 0.567. The van der Waals surface area contributed by atoms with Gasteiger partial charge in [-0.15, -0.1) is 11.8 Å². The van der Waals surface area contributed by atoms with E-state index in [2.05, 4.69) is 31.6 Å². The Kier molecular flexibility index (Phi) is 5.21. The Labute approximate surface area is 150 Å². The molecule has 0 spiro atoms. The predicted octanol–water partition coefficient (Wildman–Crippen LogP) is 3.91. The molecule has 124 valence electrons. The number of nitrogen functional groups attached to an aromatic ring is 1. The van der Waals surface area contributed by atoms with Crippen LogP contribution in [0.4, 0.5) is 16.2 Å². The lowest BCUT2D eigenvalue weighted by Gasteiger charge is -2.07. The molecule has 0 atom stereocenters. The summed E-state index contributed by atoms with van der Waals surface area (Å²) in [5.41, 5.74) is 8.12. The van der Waals surface area contributed by atoms with Gasteiger partial charge < -0.3 is 10.5 Å². The third-order valence-electron chi connectivity index (χ3n) is 3.05. The molecule has 1 amide bonds. The van der Waals surface area contributed by atoms with E-state index in [1.165, 1.54) is 11.8 Å². The third kappa shape index (κ3) is 3.98. The van der Waals surface area contributed by atoms with Gasteiger partial charge in [0.1, 0.15) is 6.61 Å². The number of nitrogens with two attached hydrogens (primary N) is 1. The Bertz CT molecular complexity index is 871. The van der Waals surface area contributed by atoms with E-state index in [4.69, 9.17) is 15.1 Å². The van der Waals surface area contributed by atoms with Crippen molar-refractivity contribution in [1.29, 1.82) is 0 Å². The minimum absolute atomic E-state index is 0.252. The summed E-state index contributed by atoms with van der Waals surface area (Å²) in [7, 11) is 0. The topological polar surface area (TPSA) is 103 Å². The Balaban J connectivity index is 1.49.